The van der Waals surface area contributed by atoms with E-state index in [1.165, 1.54) is 0 Å². The molecule has 0 aromatic heterocycles. The van der Waals surface area contributed by atoms with Crippen molar-refractivity contribution in [2.45, 2.75) is 31.0 Å². The lowest BCUT2D eigenvalue weighted by atomic mass is 9.94. The van der Waals surface area contributed by atoms with Gasteiger partial charge >= 0.3 is 0 Å². The Morgan fingerprint density at radius 1 is 1.38 bits per heavy atom. The molecule has 1 aromatic rings. The summed E-state index contributed by atoms with van der Waals surface area (Å²) in [5.41, 5.74) is 5.36. The molecule has 6 heteroatoms. The van der Waals surface area contributed by atoms with Gasteiger partial charge in [-0.2, -0.15) is 0 Å². The first-order chi connectivity index (χ1) is 9.96. The Hall–Kier alpha value is -1.76. The zero-order valence-corrected chi connectivity index (χ0v) is 11.9. The average molecular weight is 292 g/mol. The van der Waals surface area contributed by atoms with Crippen molar-refractivity contribution in [3.63, 3.8) is 0 Å². The van der Waals surface area contributed by atoms with Gasteiger partial charge in [-0.1, -0.05) is 30.3 Å². The fourth-order valence-electron chi connectivity index (χ4n) is 2.16. The van der Waals surface area contributed by atoms with Gasteiger partial charge in [0.05, 0.1) is 19.3 Å². The SMILES string of the molecule is C[C@]1(C(=O)[C@H](Cc2ccccc2)N[C@@H](CO)C(N)=O)CO1. The predicted octanol–water partition coefficient (Wildman–Crippen LogP) is -0.608. The summed E-state index contributed by atoms with van der Waals surface area (Å²) in [6, 6.07) is 7.86. The van der Waals surface area contributed by atoms with Crippen molar-refractivity contribution in [3.05, 3.63) is 35.9 Å². The quantitative estimate of drug-likeness (QED) is 0.554. The number of aliphatic hydroxyl groups excluding tert-OH is 1. The van der Waals surface area contributed by atoms with Crippen LogP contribution in [-0.4, -0.2) is 47.7 Å². The molecule has 4 N–H and O–H groups in total. The molecule has 2 rings (SSSR count). The van der Waals surface area contributed by atoms with Gasteiger partial charge in [-0.25, -0.2) is 0 Å². The predicted molar refractivity (Wildman–Crippen MR) is 76.5 cm³/mol. The number of carbonyl (C=O) groups is 2. The van der Waals surface area contributed by atoms with E-state index in [9.17, 15) is 14.7 Å². The summed E-state index contributed by atoms with van der Waals surface area (Å²) < 4.78 is 5.18. The molecule has 0 radical (unpaired) electrons. The first-order valence-electron chi connectivity index (χ1n) is 6.84. The molecule has 0 aliphatic carbocycles. The number of ketones is 1. The normalized spacial score (nSPS) is 23.3. The van der Waals surface area contributed by atoms with E-state index >= 15 is 0 Å². The Labute approximate surface area is 123 Å². The first kappa shape index (κ1) is 15.6. The van der Waals surface area contributed by atoms with Crippen molar-refractivity contribution in [2.24, 2.45) is 5.73 Å². The lowest BCUT2D eigenvalue weighted by Gasteiger charge is -2.23. The summed E-state index contributed by atoms with van der Waals surface area (Å²) >= 11 is 0. The number of hydrogen-bond acceptors (Lipinski definition) is 5. The number of rotatable bonds is 8. The minimum absolute atomic E-state index is 0.133. The fraction of sp³-hybridized carbons (Fsp3) is 0.467. The number of Topliss-reactive ketones (excluding diaryl/α,β-unsaturated/α-hetero) is 1. The molecule has 21 heavy (non-hydrogen) atoms. The second-order valence-electron chi connectivity index (χ2n) is 5.43. The molecule has 6 nitrogen and oxygen atoms in total. The number of epoxide rings is 1. The molecule has 1 saturated heterocycles. The molecule has 1 aromatic carbocycles. The van der Waals surface area contributed by atoms with Crippen LogP contribution >= 0.6 is 0 Å². The van der Waals surface area contributed by atoms with Gasteiger partial charge in [-0.3, -0.25) is 14.9 Å². The molecular weight excluding hydrogens is 272 g/mol. The summed E-state index contributed by atoms with van der Waals surface area (Å²) in [7, 11) is 0. The van der Waals surface area contributed by atoms with Crippen LogP contribution in [0.15, 0.2) is 30.3 Å². The van der Waals surface area contributed by atoms with Gasteiger partial charge in [0.2, 0.25) is 5.91 Å². The van der Waals surface area contributed by atoms with Gasteiger partial charge in [0, 0.05) is 0 Å². The molecule has 3 atom stereocenters. The molecule has 0 spiro atoms. The highest BCUT2D eigenvalue weighted by Gasteiger charge is 2.50. The van der Waals surface area contributed by atoms with Crippen LogP contribution in [0.3, 0.4) is 0 Å². The number of carbonyl (C=O) groups excluding carboxylic acids is 2. The summed E-state index contributed by atoms with van der Waals surface area (Å²) in [6.07, 6.45) is 0.405. The lowest BCUT2D eigenvalue weighted by Crippen LogP contribution is -2.54. The van der Waals surface area contributed by atoms with Crippen LogP contribution in [0.25, 0.3) is 0 Å². The Balaban J connectivity index is 2.14. The molecule has 1 aliphatic heterocycles. The summed E-state index contributed by atoms with van der Waals surface area (Å²) in [5, 5.41) is 12.0. The second kappa shape index (κ2) is 6.34. The monoisotopic (exact) mass is 292 g/mol. The number of amides is 1. The van der Waals surface area contributed by atoms with E-state index in [0.717, 1.165) is 5.56 Å². The number of nitrogens with one attached hydrogen (secondary N) is 1. The molecule has 1 fully saturated rings. The van der Waals surface area contributed by atoms with Crippen LogP contribution in [0.1, 0.15) is 12.5 Å². The number of primary amides is 1. The third kappa shape index (κ3) is 3.87. The van der Waals surface area contributed by atoms with E-state index < -0.39 is 30.2 Å². The van der Waals surface area contributed by atoms with Gasteiger partial charge in [0.25, 0.3) is 0 Å². The Bertz CT molecular complexity index is 514. The van der Waals surface area contributed by atoms with Crippen LogP contribution in [0.4, 0.5) is 0 Å². The second-order valence-corrected chi connectivity index (χ2v) is 5.43. The fourth-order valence-corrected chi connectivity index (χ4v) is 2.16. The largest absolute Gasteiger partial charge is 0.394 e. The van der Waals surface area contributed by atoms with Crippen molar-refractivity contribution < 1.29 is 19.4 Å². The molecule has 0 bridgehead atoms. The van der Waals surface area contributed by atoms with Crippen LogP contribution in [0.2, 0.25) is 0 Å². The molecule has 1 heterocycles. The van der Waals surface area contributed by atoms with Crippen LogP contribution in [0.5, 0.6) is 0 Å². The van der Waals surface area contributed by atoms with Gasteiger partial charge < -0.3 is 15.6 Å². The highest BCUT2D eigenvalue weighted by Crippen LogP contribution is 2.29. The number of hydrogen-bond donors (Lipinski definition) is 3. The van der Waals surface area contributed by atoms with Crippen LogP contribution in [0, 0.1) is 0 Å². The molecular formula is C15H20N2O4. The van der Waals surface area contributed by atoms with E-state index in [4.69, 9.17) is 10.5 Å². The van der Waals surface area contributed by atoms with E-state index in [1.54, 1.807) is 6.92 Å². The van der Waals surface area contributed by atoms with E-state index in [-0.39, 0.29) is 5.78 Å². The molecule has 114 valence electrons. The maximum Gasteiger partial charge on any atom is 0.236 e. The van der Waals surface area contributed by atoms with Gasteiger partial charge in [0.15, 0.2) is 5.78 Å². The van der Waals surface area contributed by atoms with E-state index in [1.807, 2.05) is 30.3 Å². The zero-order chi connectivity index (χ0) is 15.5. The van der Waals surface area contributed by atoms with Gasteiger partial charge in [-0.05, 0) is 18.9 Å². The third-order valence-electron chi connectivity index (χ3n) is 3.63. The van der Waals surface area contributed by atoms with Crippen LogP contribution < -0.4 is 11.1 Å². The molecule has 0 saturated carbocycles. The van der Waals surface area contributed by atoms with E-state index in [2.05, 4.69) is 5.32 Å². The average Bonchev–Trinajstić information content (AvgIpc) is 3.22. The minimum atomic E-state index is -0.954. The van der Waals surface area contributed by atoms with Crippen molar-refractivity contribution in [2.75, 3.05) is 13.2 Å². The van der Waals surface area contributed by atoms with Gasteiger partial charge in [-0.15, -0.1) is 0 Å². The Morgan fingerprint density at radius 3 is 2.48 bits per heavy atom. The number of ether oxygens (including phenoxy) is 1. The van der Waals surface area contributed by atoms with Crippen molar-refractivity contribution in [1.82, 2.24) is 5.32 Å². The highest BCUT2D eigenvalue weighted by atomic mass is 16.6. The maximum atomic E-state index is 12.5. The first-order valence-corrected chi connectivity index (χ1v) is 6.84. The third-order valence-corrected chi connectivity index (χ3v) is 3.63. The van der Waals surface area contributed by atoms with Crippen molar-refractivity contribution in [1.29, 1.82) is 0 Å². The molecule has 1 aliphatic rings. The van der Waals surface area contributed by atoms with Crippen molar-refractivity contribution >= 4 is 11.7 Å². The summed E-state index contributed by atoms with van der Waals surface area (Å²) in [5.74, 6) is -0.823. The van der Waals surface area contributed by atoms with Crippen molar-refractivity contribution in [3.8, 4) is 0 Å². The number of benzene rings is 1. The highest BCUT2D eigenvalue weighted by molar-refractivity contribution is 5.94. The maximum absolute atomic E-state index is 12.5. The van der Waals surface area contributed by atoms with Crippen LogP contribution in [-0.2, 0) is 20.7 Å². The number of nitrogens with two attached hydrogens (primary N) is 1. The minimum Gasteiger partial charge on any atom is -0.394 e. The Kier molecular flexibility index (Phi) is 4.72. The van der Waals surface area contributed by atoms with E-state index in [0.29, 0.717) is 13.0 Å². The summed E-state index contributed by atoms with van der Waals surface area (Å²) in [6.45, 7) is 1.64. The zero-order valence-electron chi connectivity index (χ0n) is 11.9. The standard InChI is InChI=1S/C15H20N2O4/c1-15(9-21-15)13(19)11(17-12(8-18)14(16)20)7-10-5-3-2-4-6-10/h2-6,11-12,17-18H,7-9H2,1H3,(H2,16,20)/t11-,12-,15+/m0/s1. The number of aliphatic hydroxyl groups is 1. The summed E-state index contributed by atoms with van der Waals surface area (Å²) in [4.78, 5) is 23.7. The topological polar surface area (TPSA) is 105 Å². The Morgan fingerprint density at radius 2 is 2.00 bits per heavy atom. The molecule has 0 unspecified atom stereocenters. The lowest BCUT2D eigenvalue weighted by molar-refractivity contribution is -0.127. The van der Waals surface area contributed by atoms with Gasteiger partial charge in [0.1, 0.15) is 11.6 Å². The molecule has 1 amide bonds. The smallest absolute Gasteiger partial charge is 0.236 e.